The van der Waals surface area contributed by atoms with Crippen LogP contribution in [0.1, 0.15) is 36.3 Å². The Balaban J connectivity index is 1.58. The standard InChI is InChI=1S/C19H22FN5O2/c1-19(2,12-3-5-13(20)6-4-12)11-22-16-8-7-15(24-25-16)18(27)23-14-9-10-21-17(14)26/h3-8,14H,9-11H2,1-2H3,(H,21,26)(H,22,25)(H,23,27). The number of amides is 2. The Kier molecular flexibility index (Phi) is 5.34. The lowest BCUT2D eigenvalue weighted by molar-refractivity contribution is -0.120. The normalized spacial score (nSPS) is 16.7. The Hall–Kier alpha value is -3.03. The number of hydrogen-bond acceptors (Lipinski definition) is 5. The highest BCUT2D eigenvalue weighted by Crippen LogP contribution is 2.23. The first-order valence-corrected chi connectivity index (χ1v) is 8.77. The van der Waals surface area contributed by atoms with Crippen LogP contribution in [0.15, 0.2) is 36.4 Å². The molecule has 1 saturated heterocycles. The molecule has 1 fully saturated rings. The molecule has 1 aromatic heterocycles. The third-order valence-electron chi connectivity index (χ3n) is 4.59. The van der Waals surface area contributed by atoms with Crippen molar-refractivity contribution in [2.24, 2.45) is 0 Å². The highest BCUT2D eigenvalue weighted by Gasteiger charge is 2.26. The largest absolute Gasteiger partial charge is 0.368 e. The van der Waals surface area contributed by atoms with E-state index in [4.69, 9.17) is 0 Å². The Morgan fingerprint density at radius 3 is 2.56 bits per heavy atom. The van der Waals surface area contributed by atoms with E-state index in [0.717, 1.165) is 5.56 Å². The van der Waals surface area contributed by atoms with Gasteiger partial charge in [0.15, 0.2) is 5.69 Å². The van der Waals surface area contributed by atoms with Crippen LogP contribution in [0.2, 0.25) is 0 Å². The van der Waals surface area contributed by atoms with Crippen LogP contribution in [0.3, 0.4) is 0 Å². The number of carbonyl (C=O) groups excluding carboxylic acids is 2. The molecule has 1 aliphatic rings. The fourth-order valence-electron chi connectivity index (χ4n) is 2.83. The summed E-state index contributed by atoms with van der Waals surface area (Å²) >= 11 is 0. The van der Waals surface area contributed by atoms with E-state index in [1.807, 2.05) is 13.8 Å². The van der Waals surface area contributed by atoms with Gasteiger partial charge in [0, 0.05) is 18.5 Å². The SMILES string of the molecule is CC(C)(CNc1ccc(C(=O)NC2CCNC2=O)nn1)c1ccc(F)cc1. The van der Waals surface area contributed by atoms with Crippen molar-refractivity contribution in [1.82, 2.24) is 20.8 Å². The Bertz CT molecular complexity index is 821. The van der Waals surface area contributed by atoms with Crippen molar-refractivity contribution in [2.75, 3.05) is 18.4 Å². The Labute approximate surface area is 156 Å². The predicted molar refractivity (Wildman–Crippen MR) is 98.8 cm³/mol. The predicted octanol–water partition coefficient (Wildman–Crippen LogP) is 1.62. The van der Waals surface area contributed by atoms with Crippen LogP contribution < -0.4 is 16.0 Å². The minimum atomic E-state index is -0.520. The summed E-state index contributed by atoms with van der Waals surface area (Å²) in [6, 6.07) is 9.10. The molecule has 2 amide bonds. The second-order valence-corrected chi connectivity index (χ2v) is 7.15. The number of anilines is 1. The molecule has 27 heavy (non-hydrogen) atoms. The zero-order valence-corrected chi connectivity index (χ0v) is 15.3. The number of halogens is 1. The number of rotatable bonds is 6. The minimum Gasteiger partial charge on any atom is -0.368 e. The van der Waals surface area contributed by atoms with E-state index >= 15 is 0 Å². The molecule has 8 heteroatoms. The third kappa shape index (κ3) is 4.58. The molecule has 142 valence electrons. The highest BCUT2D eigenvalue weighted by molar-refractivity contribution is 5.96. The van der Waals surface area contributed by atoms with E-state index in [9.17, 15) is 14.0 Å². The molecule has 1 aromatic carbocycles. The van der Waals surface area contributed by atoms with Gasteiger partial charge >= 0.3 is 0 Å². The molecule has 2 heterocycles. The smallest absolute Gasteiger partial charge is 0.272 e. The summed E-state index contributed by atoms with van der Waals surface area (Å²) in [5.74, 6) is -0.349. The molecule has 1 unspecified atom stereocenters. The lowest BCUT2D eigenvalue weighted by Gasteiger charge is -2.25. The first-order chi connectivity index (χ1) is 12.8. The van der Waals surface area contributed by atoms with Gasteiger partial charge in [0.25, 0.3) is 5.91 Å². The maximum Gasteiger partial charge on any atom is 0.272 e. The van der Waals surface area contributed by atoms with Gasteiger partial charge in [-0.15, -0.1) is 10.2 Å². The van der Waals surface area contributed by atoms with Gasteiger partial charge in [-0.05, 0) is 36.2 Å². The van der Waals surface area contributed by atoms with Gasteiger partial charge in [0.1, 0.15) is 17.7 Å². The fraction of sp³-hybridized carbons (Fsp3) is 0.368. The van der Waals surface area contributed by atoms with Crippen molar-refractivity contribution >= 4 is 17.6 Å². The summed E-state index contributed by atoms with van der Waals surface area (Å²) in [7, 11) is 0. The van der Waals surface area contributed by atoms with E-state index in [-0.39, 0.29) is 22.8 Å². The summed E-state index contributed by atoms with van der Waals surface area (Å²) in [5.41, 5.74) is 0.898. The van der Waals surface area contributed by atoms with E-state index in [1.165, 1.54) is 12.1 Å². The molecule has 3 rings (SSSR count). The van der Waals surface area contributed by atoms with Crippen LogP contribution >= 0.6 is 0 Å². The summed E-state index contributed by atoms with van der Waals surface area (Å²) in [6.07, 6.45) is 0.566. The van der Waals surface area contributed by atoms with Crippen LogP contribution in [-0.4, -0.2) is 41.1 Å². The van der Waals surface area contributed by atoms with Gasteiger partial charge in [0.05, 0.1) is 0 Å². The number of benzene rings is 1. The summed E-state index contributed by atoms with van der Waals surface area (Å²) in [4.78, 5) is 23.7. The summed E-state index contributed by atoms with van der Waals surface area (Å²) in [5, 5.41) is 16.4. The van der Waals surface area contributed by atoms with E-state index in [2.05, 4.69) is 26.1 Å². The number of carbonyl (C=O) groups is 2. The Morgan fingerprint density at radius 1 is 1.22 bits per heavy atom. The van der Waals surface area contributed by atoms with Crippen molar-refractivity contribution in [3.8, 4) is 0 Å². The maximum atomic E-state index is 13.1. The average Bonchev–Trinajstić information content (AvgIpc) is 3.05. The number of nitrogens with zero attached hydrogens (tertiary/aromatic N) is 2. The van der Waals surface area contributed by atoms with E-state index < -0.39 is 11.9 Å². The molecule has 0 spiro atoms. The van der Waals surface area contributed by atoms with Gasteiger partial charge in [0.2, 0.25) is 5.91 Å². The molecule has 7 nitrogen and oxygen atoms in total. The minimum absolute atomic E-state index is 0.151. The van der Waals surface area contributed by atoms with Crippen molar-refractivity contribution in [2.45, 2.75) is 31.7 Å². The topological polar surface area (TPSA) is 96.0 Å². The lowest BCUT2D eigenvalue weighted by atomic mass is 9.84. The second-order valence-electron chi connectivity index (χ2n) is 7.15. The zero-order valence-electron chi connectivity index (χ0n) is 15.3. The van der Waals surface area contributed by atoms with Gasteiger partial charge in [-0.2, -0.15) is 0 Å². The summed E-state index contributed by atoms with van der Waals surface area (Å²) < 4.78 is 13.1. The number of hydrogen-bond donors (Lipinski definition) is 3. The molecule has 0 bridgehead atoms. The van der Waals surface area contributed by atoms with Crippen molar-refractivity contribution in [3.63, 3.8) is 0 Å². The second kappa shape index (κ2) is 7.69. The average molecular weight is 371 g/mol. The molecule has 0 saturated carbocycles. The maximum absolute atomic E-state index is 13.1. The van der Waals surface area contributed by atoms with Crippen LogP contribution in [0.25, 0.3) is 0 Å². The molecule has 0 aliphatic carbocycles. The van der Waals surface area contributed by atoms with Crippen molar-refractivity contribution < 1.29 is 14.0 Å². The zero-order chi connectivity index (χ0) is 19.4. The quantitative estimate of drug-likeness (QED) is 0.717. The van der Waals surface area contributed by atoms with Crippen LogP contribution in [0, 0.1) is 5.82 Å². The third-order valence-corrected chi connectivity index (χ3v) is 4.59. The molecular formula is C19H22FN5O2. The molecular weight excluding hydrogens is 349 g/mol. The monoisotopic (exact) mass is 371 g/mol. The molecule has 3 N–H and O–H groups in total. The van der Waals surface area contributed by atoms with Crippen molar-refractivity contribution in [1.29, 1.82) is 0 Å². The molecule has 1 aliphatic heterocycles. The van der Waals surface area contributed by atoms with Crippen LogP contribution in [0.4, 0.5) is 10.2 Å². The van der Waals surface area contributed by atoms with E-state index in [0.29, 0.717) is 25.3 Å². The van der Waals surface area contributed by atoms with Crippen molar-refractivity contribution in [3.05, 3.63) is 53.5 Å². The number of nitrogens with one attached hydrogen (secondary N) is 3. The fourth-order valence-corrected chi connectivity index (χ4v) is 2.83. The lowest BCUT2D eigenvalue weighted by Crippen LogP contribution is -2.40. The van der Waals surface area contributed by atoms with Gasteiger partial charge < -0.3 is 16.0 Å². The Morgan fingerprint density at radius 2 is 1.96 bits per heavy atom. The first kappa shape index (κ1) is 18.8. The summed E-state index contributed by atoms with van der Waals surface area (Å²) in [6.45, 7) is 5.19. The van der Waals surface area contributed by atoms with E-state index in [1.54, 1.807) is 24.3 Å². The van der Waals surface area contributed by atoms with Crippen LogP contribution in [0.5, 0.6) is 0 Å². The molecule has 2 aromatic rings. The van der Waals surface area contributed by atoms with Gasteiger partial charge in [-0.25, -0.2) is 4.39 Å². The van der Waals surface area contributed by atoms with Gasteiger partial charge in [-0.3, -0.25) is 9.59 Å². The first-order valence-electron chi connectivity index (χ1n) is 8.77. The van der Waals surface area contributed by atoms with Gasteiger partial charge in [-0.1, -0.05) is 26.0 Å². The molecule has 1 atom stereocenters. The number of aromatic nitrogens is 2. The molecule has 0 radical (unpaired) electrons. The highest BCUT2D eigenvalue weighted by atomic mass is 19.1. The van der Waals surface area contributed by atoms with Crippen LogP contribution in [-0.2, 0) is 10.2 Å².